The number of ether oxygens (including phenoxy) is 2. The third kappa shape index (κ3) is 1.62. The first-order valence-corrected chi connectivity index (χ1v) is 6.14. The molecule has 0 N–H and O–H groups in total. The molecule has 0 bridgehead atoms. The predicted molar refractivity (Wildman–Crippen MR) is 60.6 cm³/mol. The van der Waals surface area contributed by atoms with Gasteiger partial charge in [0.25, 0.3) is 0 Å². The molecule has 0 spiro atoms. The molecule has 2 rings (SSSR count). The van der Waals surface area contributed by atoms with Gasteiger partial charge in [0, 0.05) is 17.8 Å². The highest BCUT2D eigenvalue weighted by Crippen LogP contribution is 2.41. The summed E-state index contributed by atoms with van der Waals surface area (Å²) in [6, 6.07) is 0. The molecule has 0 amide bonds. The highest BCUT2D eigenvalue weighted by molar-refractivity contribution is 5.92. The van der Waals surface area contributed by atoms with Gasteiger partial charge in [-0.3, -0.25) is 0 Å². The first-order chi connectivity index (χ1) is 7.56. The summed E-state index contributed by atoms with van der Waals surface area (Å²) < 4.78 is 11.1. The molecule has 1 fully saturated rings. The van der Waals surface area contributed by atoms with Crippen molar-refractivity contribution in [1.29, 1.82) is 0 Å². The molecule has 4 atom stereocenters. The lowest BCUT2D eigenvalue weighted by Gasteiger charge is -2.34. The molecule has 3 heteroatoms. The van der Waals surface area contributed by atoms with Crippen molar-refractivity contribution in [3.05, 3.63) is 11.3 Å². The summed E-state index contributed by atoms with van der Waals surface area (Å²) in [5.41, 5.74) is 0.806. The molecule has 0 aromatic carbocycles. The monoisotopic (exact) mass is 224 g/mol. The molecular formula is C13H20O3. The zero-order valence-electron chi connectivity index (χ0n) is 10.4. The fourth-order valence-electron chi connectivity index (χ4n) is 2.44. The van der Waals surface area contributed by atoms with Gasteiger partial charge in [-0.1, -0.05) is 20.8 Å². The molecule has 2 heterocycles. The predicted octanol–water partition coefficient (Wildman–Crippen LogP) is 2.51. The Morgan fingerprint density at radius 2 is 2.12 bits per heavy atom. The topological polar surface area (TPSA) is 35.5 Å². The van der Waals surface area contributed by atoms with Crippen LogP contribution in [0.5, 0.6) is 0 Å². The highest BCUT2D eigenvalue weighted by atomic mass is 16.5. The Bertz CT molecular complexity index is 332. The number of fused-ring (bicyclic) bond motifs is 1. The first-order valence-electron chi connectivity index (χ1n) is 6.14. The minimum absolute atomic E-state index is 0.168. The van der Waals surface area contributed by atoms with Crippen molar-refractivity contribution < 1.29 is 14.3 Å². The van der Waals surface area contributed by atoms with Crippen LogP contribution >= 0.6 is 0 Å². The van der Waals surface area contributed by atoms with E-state index in [0.29, 0.717) is 18.4 Å². The fourth-order valence-corrected chi connectivity index (χ4v) is 2.44. The van der Waals surface area contributed by atoms with Crippen molar-refractivity contribution in [3.8, 4) is 0 Å². The SMILES string of the molecule is CCC(C)C1=C2C(=O)OCC2C(C)C(C)O1. The molecule has 3 nitrogen and oxygen atoms in total. The van der Waals surface area contributed by atoms with Gasteiger partial charge in [0.1, 0.15) is 5.76 Å². The van der Waals surface area contributed by atoms with E-state index in [2.05, 4.69) is 27.7 Å². The number of hydrogen-bond acceptors (Lipinski definition) is 3. The van der Waals surface area contributed by atoms with E-state index in [1.165, 1.54) is 0 Å². The van der Waals surface area contributed by atoms with Crippen molar-refractivity contribution in [2.24, 2.45) is 17.8 Å². The molecule has 0 saturated carbocycles. The highest BCUT2D eigenvalue weighted by Gasteiger charge is 2.44. The molecule has 2 aliphatic heterocycles. The Labute approximate surface area is 96.8 Å². The minimum atomic E-state index is -0.168. The Balaban J connectivity index is 2.41. The largest absolute Gasteiger partial charge is 0.494 e. The van der Waals surface area contributed by atoms with Crippen LogP contribution in [0.25, 0.3) is 0 Å². The van der Waals surface area contributed by atoms with Crippen molar-refractivity contribution in [2.45, 2.75) is 40.2 Å². The second-order valence-corrected chi connectivity index (χ2v) is 4.97. The Kier molecular flexibility index (Phi) is 2.96. The van der Waals surface area contributed by atoms with Crippen LogP contribution in [0.3, 0.4) is 0 Å². The van der Waals surface area contributed by atoms with Gasteiger partial charge in [0.05, 0.1) is 18.3 Å². The summed E-state index contributed by atoms with van der Waals surface area (Å²) in [5, 5.41) is 0. The third-order valence-electron chi connectivity index (χ3n) is 4.00. The molecular weight excluding hydrogens is 204 g/mol. The lowest BCUT2D eigenvalue weighted by Crippen LogP contribution is -2.34. The van der Waals surface area contributed by atoms with Crippen molar-refractivity contribution in [2.75, 3.05) is 6.61 Å². The van der Waals surface area contributed by atoms with Crippen LogP contribution in [0.2, 0.25) is 0 Å². The summed E-state index contributed by atoms with van der Waals surface area (Å²) in [6.07, 6.45) is 1.16. The molecule has 0 aliphatic carbocycles. The lowest BCUT2D eigenvalue weighted by molar-refractivity contribution is -0.135. The second kappa shape index (κ2) is 4.11. The molecule has 2 aliphatic rings. The van der Waals surface area contributed by atoms with Gasteiger partial charge in [-0.05, 0) is 13.3 Å². The maximum atomic E-state index is 11.7. The minimum Gasteiger partial charge on any atom is -0.494 e. The summed E-state index contributed by atoms with van der Waals surface area (Å²) in [4.78, 5) is 11.7. The molecule has 0 radical (unpaired) electrons. The normalized spacial score (nSPS) is 35.5. The van der Waals surface area contributed by atoms with Gasteiger partial charge in [-0.2, -0.15) is 0 Å². The summed E-state index contributed by atoms with van der Waals surface area (Å²) in [6.45, 7) is 8.95. The molecule has 90 valence electrons. The van der Waals surface area contributed by atoms with E-state index >= 15 is 0 Å². The molecule has 1 saturated heterocycles. The van der Waals surface area contributed by atoms with E-state index in [9.17, 15) is 4.79 Å². The van der Waals surface area contributed by atoms with E-state index in [1.54, 1.807) is 0 Å². The summed E-state index contributed by atoms with van der Waals surface area (Å²) in [7, 11) is 0. The molecule has 0 aromatic heterocycles. The van der Waals surface area contributed by atoms with Crippen LogP contribution in [0, 0.1) is 17.8 Å². The van der Waals surface area contributed by atoms with Gasteiger partial charge in [-0.15, -0.1) is 0 Å². The van der Waals surface area contributed by atoms with E-state index in [4.69, 9.17) is 9.47 Å². The van der Waals surface area contributed by atoms with Crippen LogP contribution in [0.15, 0.2) is 11.3 Å². The van der Waals surface area contributed by atoms with E-state index < -0.39 is 0 Å². The number of hydrogen-bond donors (Lipinski definition) is 0. The van der Waals surface area contributed by atoms with Crippen LogP contribution in [-0.2, 0) is 14.3 Å². The number of rotatable bonds is 2. The smallest absolute Gasteiger partial charge is 0.337 e. The number of carbonyl (C=O) groups is 1. The van der Waals surface area contributed by atoms with Crippen LogP contribution in [0.4, 0.5) is 0 Å². The lowest BCUT2D eigenvalue weighted by atomic mass is 9.81. The number of allylic oxidation sites excluding steroid dienone is 1. The van der Waals surface area contributed by atoms with Crippen LogP contribution < -0.4 is 0 Å². The number of carbonyl (C=O) groups excluding carboxylic acids is 1. The number of esters is 1. The maximum absolute atomic E-state index is 11.7. The zero-order valence-corrected chi connectivity index (χ0v) is 10.4. The van der Waals surface area contributed by atoms with Crippen LogP contribution in [-0.4, -0.2) is 18.7 Å². The second-order valence-electron chi connectivity index (χ2n) is 4.97. The van der Waals surface area contributed by atoms with E-state index in [-0.39, 0.29) is 18.0 Å². The molecule has 16 heavy (non-hydrogen) atoms. The van der Waals surface area contributed by atoms with Gasteiger partial charge in [-0.25, -0.2) is 4.79 Å². The summed E-state index contributed by atoms with van der Waals surface area (Å²) in [5.74, 6) is 1.60. The Morgan fingerprint density at radius 1 is 1.44 bits per heavy atom. The van der Waals surface area contributed by atoms with Gasteiger partial charge in [0.15, 0.2) is 0 Å². The average molecular weight is 224 g/mol. The summed E-state index contributed by atoms with van der Waals surface area (Å²) >= 11 is 0. The van der Waals surface area contributed by atoms with Crippen molar-refractivity contribution >= 4 is 5.97 Å². The standard InChI is InChI=1S/C13H20O3/c1-5-7(2)12-11-10(6-15-13(11)14)8(3)9(4)16-12/h7-10H,5-6H2,1-4H3. The fraction of sp³-hybridized carbons (Fsp3) is 0.769. The van der Waals surface area contributed by atoms with Crippen LogP contribution in [0.1, 0.15) is 34.1 Å². The zero-order chi connectivity index (χ0) is 11.9. The maximum Gasteiger partial charge on any atom is 0.337 e. The van der Waals surface area contributed by atoms with E-state index in [1.807, 2.05) is 0 Å². The van der Waals surface area contributed by atoms with Gasteiger partial charge >= 0.3 is 5.97 Å². The average Bonchev–Trinajstić information content (AvgIpc) is 2.65. The molecule has 0 aromatic rings. The Morgan fingerprint density at radius 3 is 2.75 bits per heavy atom. The first kappa shape index (κ1) is 11.5. The van der Waals surface area contributed by atoms with Crippen molar-refractivity contribution in [3.63, 3.8) is 0 Å². The third-order valence-corrected chi connectivity index (χ3v) is 4.00. The number of cyclic esters (lactones) is 1. The molecule has 4 unspecified atom stereocenters. The van der Waals surface area contributed by atoms with Crippen molar-refractivity contribution in [1.82, 2.24) is 0 Å². The quantitative estimate of drug-likeness (QED) is 0.676. The van der Waals surface area contributed by atoms with E-state index in [0.717, 1.165) is 17.8 Å². The van der Waals surface area contributed by atoms with Gasteiger partial charge in [0.2, 0.25) is 0 Å². The van der Waals surface area contributed by atoms with Gasteiger partial charge < -0.3 is 9.47 Å². The Hall–Kier alpha value is -0.990.